The first-order valence-electron chi connectivity index (χ1n) is 6.40. The molecule has 0 aromatic carbocycles. The zero-order valence-corrected chi connectivity index (χ0v) is 11.0. The summed E-state index contributed by atoms with van der Waals surface area (Å²) in [5.41, 5.74) is 2.35. The fourth-order valence-corrected chi connectivity index (χ4v) is 2.09. The Balaban J connectivity index is 3.08. The number of aromatic nitrogens is 2. The van der Waals surface area contributed by atoms with Gasteiger partial charge in [-0.3, -0.25) is 14.6 Å². The normalized spacial score (nSPS) is 11.3. The van der Waals surface area contributed by atoms with Gasteiger partial charge < -0.3 is 0 Å². The lowest BCUT2D eigenvalue weighted by Gasteiger charge is -2.11. The topological polar surface area (TPSA) is 37.8 Å². The van der Waals surface area contributed by atoms with Crippen molar-refractivity contribution in [1.29, 1.82) is 0 Å². The molecule has 1 aromatic rings. The maximum atomic E-state index is 11.8. The molecule has 0 spiro atoms. The van der Waals surface area contributed by atoms with Gasteiger partial charge in [-0.05, 0) is 25.2 Å². The first-order chi connectivity index (χ1) is 7.60. The van der Waals surface area contributed by atoms with Gasteiger partial charge in [-0.2, -0.15) is 0 Å². The fraction of sp³-hybridized carbons (Fsp3) is 0.769. The molecule has 1 heterocycles. The van der Waals surface area contributed by atoms with E-state index in [1.54, 1.807) is 0 Å². The van der Waals surface area contributed by atoms with Crippen molar-refractivity contribution < 1.29 is 0 Å². The van der Waals surface area contributed by atoms with Gasteiger partial charge >= 0.3 is 0 Å². The van der Waals surface area contributed by atoms with Crippen LogP contribution in [0.2, 0.25) is 0 Å². The molecule has 1 N–H and O–H groups in total. The minimum Gasteiger partial charge on any atom is -0.289 e. The van der Waals surface area contributed by atoms with Gasteiger partial charge in [-0.1, -0.05) is 34.1 Å². The van der Waals surface area contributed by atoms with Crippen LogP contribution in [0.3, 0.4) is 0 Å². The molecule has 0 aliphatic carbocycles. The number of nitrogens with zero attached hydrogens (tertiary/aromatic N) is 1. The van der Waals surface area contributed by atoms with E-state index in [0.717, 1.165) is 37.8 Å². The molecule has 92 valence electrons. The van der Waals surface area contributed by atoms with Crippen LogP contribution >= 0.6 is 0 Å². The van der Waals surface area contributed by atoms with E-state index in [9.17, 15) is 4.79 Å². The lowest BCUT2D eigenvalue weighted by Crippen LogP contribution is -2.08. The molecule has 0 radical (unpaired) electrons. The SMILES string of the molecule is CCCc1c(CC(C)C)n(CCC)[nH]c1=O. The second kappa shape index (κ2) is 5.92. The van der Waals surface area contributed by atoms with Gasteiger partial charge in [-0.25, -0.2) is 0 Å². The summed E-state index contributed by atoms with van der Waals surface area (Å²) in [5.74, 6) is 0.592. The van der Waals surface area contributed by atoms with E-state index < -0.39 is 0 Å². The first kappa shape index (κ1) is 13.1. The molecule has 0 amide bonds. The molecule has 3 heteroatoms. The quantitative estimate of drug-likeness (QED) is 0.792. The second-order valence-electron chi connectivity index (χ2n) is 4.87. The Labute approximate surface area is 97.8 Å². The van der Waals surface area contributed by atoms with Gasteiger partial charge in [0.25, 0.3) is 5.56 Å². The van der Waals surface area contributed by atoms with Crippen LogP contribution in [-0.4, -0.2) is 9.78 Å². The van der Waals surface area contributed by atoms with Crippen molar-refractivity contribution in [2.24, 2.45) is 5.92 Å². The van der Waals surface area contributed by atoms with Crippen molar-refractivity contribution in [2.75, 3.05) is 0 Å². The minimum absolute atomic E-state index is 0.117. The van der Waals surface area contributed by atoms with E-state index in [4.69, 9.17) is 0 Å². The highest BCUT2D eigenvalue weighted by Crippen LogP contribution is 2.13. The Morgan fingerprint density at radius 1 is 1.25 bits per heavy atom. The van der Waals surface area contributed by atoms with E-state index in [1.165, 1.54) is 5.69 Å². The summed E-state index contributed by atoms with van der Waals surface area (Å²) in [6, 6.07) is 0. The van der Waals surface area contributed by atoms with Crippen LogP contribution in [0.5, 0.6) is 0 Å². The number of aromatic amines is 1. The number of rotatable bonds is 6. The Morgan fingerprint density at radius 2 is 1.94 bits per heavy atom. The summed E-state index contributed by atoms with van der Waals surface area (Å²) in [5, 5.41) is 2.97. The maximum Gasteiger partial charge on any atom is 0.267 e. The van der Waals surface area contributed by atoms with Crippen molar-refractivity contribution >= 4 is 0 Å². The van der Waals surface area contributed by atoms with Crippen molar-refractivity contribution in [3.8, 4) is 0 Å². The average molecular weight is 224 g/mol. The molecule has 0 saturated carbocycles. The molecule has 0 bridgehead atoms. The summed E-state index contributed by atoms with van der Waals surface area (Å²) < 4.78 is 2.05. The van der Waals surface area contributed by atoms with Crippen LogP contribution in [0.15, 0.2) is 4.79 Å². The van der Waals surface area contributed by atoms with E-state index in [2.05, 4.69) is 32.8 Å². The molecular formula is C13H24N2O. The first-order valence-corrected chi connectivity index (χ1v) is 6.40. The Hall–Kier alpha value is -0.990. The summed E-state index contributed by atoms with van der Waals surface area (Å²) in [6.07, 6.45) is 3.98. The number of hydrogen-bond acceptors (Lipinski definition) is 1. The summed E-state index contributed by atoms with van der Waals surface area (Å²) >= 11 is 0. The van der Waals surface area contributed by atoms with Crippen LogP contribution in [0.1, 0.15) is 51.8 Å². The lowest BCUT2D eigenvalue weighted by molar-refractivity contribution is 0.533. The molecule has 0 fully saturated rings. The van der Waals surface area contributed by atoms with Crippen LogP contribution in [0.25, 0.3) is 0 Å². The molecule has 3 nitrogen and oxygen atoms in total. The van der Waals surface area contributed by atoms with Gasteiger partial charge in [0.05, 0.1) is 0 Å². The van der Waals surface area contributed by atoms with Gasteiger partial charge in [0.1, 0.15) is 0 Å². The van der Waals surface area contributed by atoms with Crippen LogP contribution in [-0.2, 0) is 19.4 Å². The highest BCUT2D eigenvalue weighted by atomic mass is 16.1. The predicted octanol–water partition coefficient (Wildman–Crippen LogP) is 2.74. The highest BCUT2D eigenvalue weighted by molar-refractivity contribution is 5.19. The van der Waals surface area contributed by atoms with Crippen LogP contribution in [0.4, 0.5) is 0 Å². The van der Waals surface area contributed by atoms with Crippen LogP contribution < -0.4 is 5.56 Å². The van der Waals surface area contributed by atoms with Crippen LogP contribution in [0, 0.1) is 5.92 Å². The zero-order valence-electron chi connectivity index (χ0n) is 11.0. The third-order valence-electron chi connectivity index (χ3n) is 2.73. The molecule has 1 rings (SSSR count). The monoisotopic (exact) mass is 224 g/mol. The van der Waals surface area contributed by atoms with E-state index in [1.807, 2.05) is 4.68 Å². The van der Waals surface area contributed by atoms with E-state index in [-0.39, 0.29) is 5.56 Å². The third kappa shape index (κ3) is 3.00. The molecular weight excluding hydrogens is 200 g/mol. The van der Waals surface area contributed by atoms with Crippen molar-refractivity contribution in [3.63, 3.8) is 0 Å². The van der Waals surface area contributed by atoms with Crippen molar-refractivity contribution in [2.45, 2.75) is 59.9 Å². The van der Waals surface area contributed by atoms with Crippen molar-refractivity contribution in [3.05, 3.63) is 21.6 Å². The highest BCUT2D eigenvalue weighted by Gasteiger charge is 2.14. The standard InChI is InChI=1S/C13H24N2O/c1-5-7-11-12(9-10(3)4)15(8-6-2)14-13(11)16/h10H,5-9H2,1-4H3,(H,14,16). The van der Waals surface area contributed by atoms with Gasteiger partial charge in [0.15, 0.2) is 0 Å². The Kier molecular flexibility index (Phi) is 4.84. The van der Waals surface area contributed by atoms with Gasteiger partial charge in [-0.15, -0.1) is 0 Å². The Morgan fingerprint density at radius 3 is 2.44 bits per heavy atom. The maximum absolute atomic E-state index is 11.8. The second-order valence-corrected chi connectivity index (χ2v) is 4.87. The molecule has 0 atom stereocenters. The van der Waals surface area contributed by atoms with Gasteiger partial charge in [0.2, 0.25) is 0 Å². The Bertz CT molecular complexity index is 374. The molecule has 0 aliphatic rings. The lowest BCUT2D eigenvalue weighted by atomic mass is 10.0. The average Bonchev–Trinajstić information content (AvgIpc) is 2.46. The largest absolute Gasteiger partial charge is 0.289 e. The van der Waals surface area contributed by atoms with Gasteiger partial charge in [0, 0.05) is 17.8 Å². The summed E-state index contributed by atoms with van der Waals surface area (Å²) in [6.45, 7) is 9.57. The molecule has 0 unspecified atom stereocenters. The molecule has 0 aliphatic heterocycles. The summed E-state index contributed by atoms with van der Waals surface area (Å²) in [7, 11) is 0. The minimum atomic E-state index is 0.117. The zero-order chi connectivity index (χ0) is 12.1. The number of hydrogen-bond donors (Lipinski definition) is 1. The molecule has 0 saturated heterocycles. The number of nitrogens with one attached hydrogen (secondary N) is 1. The molecule has 1 aromatic heterocycles. The smallest absolute Gasteiger partial charge is 0.267 e. The fourth-order valence-electron chi connectivity index (χ4n) is 2.09. The number of aryl methyl sites for hydroxylation is 1. The van der Waals surface area contributed by atoms with E-state index in [0.29, 0.717) is 5.92 Å². The summed E-state index contributed by atoms with van der Waals surface area (Å²) in [4.78, 5) is 11.8. The molecule has 16 heavy (non-hydrogen) atoms. The predicted molar refractivity (Wildman–Crippen MR) is 67.9 cm³/mol. The number of H-pyrrole nitrogens is 1. The van der Waals surface area contributed by atoms with Crippen molar-refractivity contribution in [1.82, 2.24) is 9.78 Å². The third-order valence-corrected chi connectivity index (χ3v) is 2.73. The van der Waals surface area contributed by atoms with E-state index >= 15 is 0 Å².